The zero-order valence-electron chi connectivity index (χ0n) is 22.2. The third-order valence-corrected chi connectivity index (χ3v) is 6.72. The molecule has 1 saturated heterocycles. The van der Waals surface area contributed by atoms with E-state index in [-0.39, 0.29) is 23.2 Å². The largest absolute Gasteiger partial charge is 0.507 e. The molecule has 0 aromatic heterocycles. The standard InChI is InChI=1S/C31H32N2O5/c1-6-20-10-12-21(13-11-20)28-27(29(35)22-14-15-26(38-5)25(16-22)18(2)3)30(36)31(37)33(28)24-9-7-8-23(17-24)32-19(4)34/h7-18,28,35H,6H2,1-5H3,(H,32,34)/b29-27-. The van der Waals surface area contributed by atoms with Gasteiger partial charge >= 0.3 is 0 Å². The van der Waals surface area contributed by atoms with Gasteiger partial charge in [-0.15, -0.1) is 0 Å². The van der Waals surface area contributed by atoms with Gasteiger partial charge in [-0.2, -0.15) is 0 Å². The number of benzene rings is 3. The van der Waals surface area contributed by atoms with Crippen molar-refractivity contribution in [1.29, 1.82) is 0 Å². The Bertz CT molecular complexity index is 1420. The monoisotopic (exact) mass is 512 g/mol. The Morgan fingerprint density at radius 3 is 2.37 bits per heavy atom. The number of aliphatic hydroxyl groups excluding tert-OH is 1. The van der Waals surface area contributed by atoms with Crippen LogP contribution in [0.2, 0.25) is 0 Å². The number of anilines is 2. The average Bonchev–Trinajstić information content (AvgIpc) is 3.17. The van der Waals surface area contributed by atoms with Gasteiger partial charge in [-0.3, -0.25) is 19.3 Å². The average molecular weight is 513 g/mol. The highest BCUT2D eigenvalue weighted by Gasteiger charge is 2.47. The Labute approximate surface area is 222 Å². The smallest absolute Gasteiger partial charge is 0.300 e. The number of carbonyl (C=O) groups is 3. The predicted molar refractivity (Wildman–Crippen MR) is 148 cm³/mol. The summed E-state index contributed by atoms with van der Waals surface area (Å²) in [6.45, 7) is 7.47. The molecule has 7 nitrogen and oxygen atoms in total. The number of ketones is 1. The van der Waals surface area contributed by atoms with E-state index in [1.165, 1.54) is 11.8 Å². The molecule has 0 aliphatic carbocycles. The SMILES string of the molecule is CCc1ccc(C2/C(=C(/O)c3ccc(OC)c(C(C)C)c3)C(=O)C(=O)N2c2cccc(NC(C)=O)c2)cc1. The van der Waals surface area contributed by atoms with E-state index in [9.17, 15) is 19.5 Å². The van der Waals surface area contributed by atoms with Gasteiger partial charge in [0.25, 0.3) is 11.7 Å². The van der Waals surface area contributed by atoms with E-state index in [1.807, 2.05) is 45.0 Å². The van der Waals surface area contributed by atoms with Gasteiger partial charge in [0.1, 0.15) is 11.5 Å². The lowest BCUT2D eigenvalue weighted by atomic mass is 9.92. The topological polar surface area (TPSA) is 95.9 Å². The van der Waals surface area contributed by atoms with Crippen LogP contribution < -0.4 is 15.0 Å². The summed E-state index contributed by atoms with van der Waals surface area (Å²) in [5.74, 6) is -1.26. The van der Waals surface area contributed by atoms with Crippen LogP contribution >= 0.6 is 0 Å². The van der Waals surface area contributed by atoms with Crippen molar-refractivity contribution in [3.63, 3.8) is 0 Å². The normalized spacial score (nSPS) is 16.7. The Hall–Kier alpha value is -4.39. The van der Waals surface area contributed by atoms with Crippen LogP contribution in [0.15, 0.2) is 72.3 Å². The van der Waals surface area contributed by atoms with Crippen LogP contribution in [0.1, 0.15) is 61.9 Å². The van der Waals surface area contributed by atoms with Crippen LogP contribution in [-0.2, 0) is 20.8 Å². The quantitative estimate of drug-likeness (QED) is 0.231. The molecule has 1 fully saturated rings. The molecule has 1 unspecified atom stereocenters. The highest BCUT2D eigenvalue weighted by atomic mass is 16.5. The first-order valence-corrected chi connectivity index (χ1v) is 12.6. The van der Waals surface area contributed by atoms with E-state index in [0.717, 1.165) is 17.5 Å². The van der Waals surface area contributed by atoms with E-state index >= 15 is 0 Å². The van der Waals surface area contributed by atoms with Crippen LogP contribution in [0.5, 0.6) is 5.75 Å². The molecule has 1 aliphatic rings. The summed E-state index contributed by atoms with van der Waals surface area (Å²) < 4.78 is 5.47. The molecule has 1 atom stereocenters. The predicted octanol–water partition coefficient (Wildman–Crippen LogP) is 5.97. The molecule has 3 aromatic carbocycles. The number of nitrogens with one attached hydrogen (secondary N) is 1. The summed E-state index contributed by atoms with van der Waals surface area (Å²) in [6.07, 6.45) is 0.836. The van der Waals surface area contributed by atoms with Crippen molar-refractivity contribution >= 4 is 34.7 Å². The molecule has 1 aliphatic heterocycles. The van der Waals surface area contributed by atoms with Crippen LogP contribution in [0, 0.1) is 0 Å². The Morgan fingerprint density at radius 1 is 1.05 bits per heavy atom. The molecule has 7 heteroatoms. The van der Waals surface area contributed by atoms with E-state index < -0.39 is 17.7 Å². The van der Waals surface area contributed by atoms with Crippen molar-refractivity contribution in [1.82, 2.24) is 0 Å². The van der Waals surface area contributed by atoms with Crippen LogP contribution in [-0.4, -0.2) is 29.8 Å². The molecule has 4 rings (SSSR count). The van der Waals surface area contributed by atoms with Crippen molar-refractivity contribution < 1.29 is 24.2 Å². The Morgan fingerprint density at radius 2 is 1.76 bits per heavy atom. The maximum absolute atomic E-state index is 13.5. The maximum Gasteiger partial charge on any atom is 0.300 e. The second kappa shape index (κ2) is 10.9. The Kier molecular flexibility index (Phi) is 7.67. The van der Waals surface area contributed by atoms with Gasteiger partial charge in [0.05, 0.1) is 18.7 Å². The number of methoxy groups -OCH3 is 1. The number of Topliss-reactive ketones (excluding diaryl/α,β-unsaturated/α-hetero) is 1. The van der Waals surface area contributed by atoms with Crippen molar-refractivity contribution in [3.05, 3.63) is 94.6 Å². The summed E-state index contributed by atoms with van der Waals surface area (Å²) in [5.41, 5.74) is 4.02. The molecule has 0 bridgehead atoms. The zero-order valence-corrected chi connectivity index (χ0v) is 22.2. The third-order valence-electron chi connectivity index (χ3n) is 6.72. The number of aliphatic hydroxyl groups is 1. The number of amides is 2. The molecule has 0 saturated carbocycles. The minimum Gasteiger partial charge on any atom is -0.507 e. The molecular weight excluding hydrogens is 480 g/mol. The zero-order chi connectivity index (χ0) is 27.6. The third kappa shape index (κ3) is 5.05. The van der Waals surface area contributed by atoms with Gasteiger partial charge in [-0.05, 0) is 65.4 Å². The summed E-state index contributed by atoms with van der Waals surface area (Å²) in [4.78, 5) is 40.0. The molecule has 2 N–H and O–H groups in total. The van der Waals surface area contributed by atoms with E-state index in [4.69, 9.17) is 4.74 Å². The molecule has 2 amide bonds. The number of nitrogens with zero attached hydrogens (tertiary/aromatic N) is 1. The lowest BCUT2D eigenvalue weighted by molar-refractivity contribution is -0.132. The van der Waals surface area contributed by atoms with Crippen LogP contribution in [0.4, 0.5) is 11.4 Å². The van der Waals surface area contributed by atoms with E-state index in [0.29, 0.717) is 28.3 Å². The second-order valence-electron chi connectivity index (χ2n) is 9.61. The first-order chi connectivity index (χ1) is 18.2. The number of rotatable bonds is 7. The fraction of sp³-hybridized carbons (Fsp3) is 0.258. The van der Waals surface area contributed by atoms with E-state index in [2.05, 4.69) is 5.32 Å². The number of hydrogen-bond donors (Lipinski definition) is 2. The van der Waals surface area contributed by atoms with Crippen molar-refractivity contribution in [2.75, 3.05) is 17.3 Å². The number of carbonyl (C=O) groups excluding carboxylic acids is 3. The molecular formula is C31H32N2O5. The lowest BCUT2D eigenvalue weighted by Crippen LogP contribution is -2.29. The minimum absolute atomic E-state index is 0.00375. The minimum atomic E-state index is -0.863. The second-order valence-corrected chi connectivity index (χ2v) is 9.61. The van der Waals surface area contributed by atoms with Crippen molar-refractivity contribution in [2.45, 2.75) is 46.1 Å². The Balaban J connectivity index is 1.93. The first-order valence-electron chi connectivity index (χ1n) is 12.6. The molecule has 196 valence electrons. The summed E-state index contributed by atoms with van der Waals surface area (Å²) in [7, 11) is 1.58. The highest BCUT2D eigenvalue weighted by Crippen LogP contribution is 2.43. The van der Waals surface area contributed by atoms with Gasteiger partial charge in [-0.25, -0.2) is 0 Å². The number of ether oxygens (including phenoxy) is 1. The molecule has 0 spiro atoms. The summed E-state index contributed by atoms with van der Waals surface area (Å²) >= 11 is 0. The fourth-order valence-electron chi connectivity index (χ4n) is 4.77. The highest BCUT2D eigenvalue weighted by molar-refractivity contribution is 6.51. The molecule has 0 radical (unpaired) electrons. The maximum atomic E-state index is 13.5. The summed E-state index contributed by atoms with van der Waals surface area (Å²) in [5, 5.41) is 14.2. The van der Waals surface area contributed by atoms with Gasteiger partial charge in [0, 0.05) is 23.9 Å². The summed E-state index contributed by atoms with van der Waals surface area (Å²) in [6, 6.07) is 18.8. The lowest BCUT2D eigenvalue weighted by Gasteiger charge is -2.26. The fourth-order valence-corrected chi connectivity index (χ4v) is 4.77. The van der Waals surface area contributed by atoms with Crippen LogP contribution in [0.25, 0.3) is 5.76 Å². The van der Waals surface area contributed by atoms with Gasteiger partial charge in [-0.1, -0.05) is 51.1 Å². The first kappa shape index (κ1) is 26.7. The number of hydrogen-bond acceptors (Lipinski definition) is 5. The van der Waals surface area contributed by atoms with Crippen LogP contribution in [0.3, 0.4) is 0 Å². The van der Waals surface area contributed by atoms with Gasteiger partial charge in [0.2, 0.25) is 5.91 Å². The van der Waals surface area contributed by atoms with Crippen molar-refractivity contribution in [2.24, 2.45) is 0 Å². The van der Waals surface area contributed by atoms with Gasteiger partial charge in [0.15, 0.2) is 0 Å². The molecule has 3 aromatic rings. The number of aryl methyl sites for hydroxylation is 1. The molecule has 38 heavy (non-hydrogen) atoms. The van der Waals surface area contributed by atoms with E-state index in [1.54, 1.807) is 49.6 Å². The van der Waals surface area contributed by atoms with Crippen molar-refractivity contribution in [3.8, 4) is 5.75 Å². The van der Waals surface area contributed by atoms with Gasteiger partial charge < -0.3 is 15.2 Å². The molecule has 1 heterocycles.